The molecular formula is C14H15N3O. The van der Waals surface area contributed by atoms with Crippen molar-refractivity contribution < 1.29 is 4.74 Å². The van der Waals surface area contributed by atoms with Crippen molar-refractivity contribution in [2.75, 3.05) is 7.11 Å². The zero-order valence-corrected chi connectivity index (χ0v) is 10.5. The number of allylic oxidation sites excluding steroid dienone is 1. The number of imidazole rings is 1. The van der Waals surface area contributed by atoms with Gasteiger partial charge in [0.2, 0.25) is 0 Å². The Morgan fingerprint density at radius 2 is 2.28 bits per heavy atom. The summed E-state index contributed by atoms with van der Waals surface area (Å²) in [5.41, 5.74) is 2.73. The Bertz CT molecular complexity index is 640. The minimum absolute atomic E-state index is 0.320. The van der Waals surface area contributed by atoms with E-state index in [0.29, 0.717) is 6.04 Å². The first-order chi connectivity index (χ1) is 8.78. The standard InChI is InChI=1S/C14H15N3O/c1-9-5-3-7-11(15-9)14-16-10-6-4-8-12(18-2)13(10)17-14/h3-4,6-9H,5H2,1-2H3,(H,16,17). The van der Waals surface area contributed by atoms with Crippen LogP contribution < -0.4 is 4.74 Å². The first-order valence-electron chi connectivity index (χ1n) is 6.05. The van der Waals surface area contributed by atoms with E-state index in [4.69, 9.17) is 4.74 Å². The Balaban J connectivity index is 2.11. The molecule has 2 aromatic rings. The smallest absolute Gasteiger partial charge is 0.156 e. The van der Waals surface area contributed by atoms with Gasteiger partial charge in [0.15, 0.2) is 5.82 Å². The summed E-state index contributed by atoms with van der Waals surface area (Å²) in [6, 6.07) is 6.17. The van der Waals surface area contributed by atoms with Crippen molar-refractivity contribution in [1.29, 1.82) is 0 Å². The molecule has 1 aliphatic rings. The van der Waals surface area contributed by atoms with Gasteiger partial charge in [0, 0.05) is 0 Å². The molecule has 0 radical (unpaired) electrons. The zero-order valence-electron chi connectivity index (χ0n) is 10.5. The van der Waals surface area contributed by atoms with Crippen LogP contribution in [0.5, 0.6) is 5.75 Å². The molecular weight excluding hydrogens is 226 g/mol. The number of hydrogen-bond acceptors (Lipinski definition) is 3. The van der Waals surface area contributed by atoms with Gasteiger partial charge >= 0.3 is 0 Å². The lowest BCUT2D eigenvalue weighted by atomic mass is 10.1. The monoisotopic (exact) mass is 241 g/mol. The van der Waals surface area contributed by atoms with E-state index in [-0.39, 0.29) is 0 Å². The highest BCUT2D eigenvalue weighted by Gasteiger charge is 2.13. The van der Waals surface area contributed by atoms with Gasteiger partial charge in [0.1, 0.15) is 17.0 Å². The third-order valence-electron chi connectivity index (χ3n) is 3.05. The van der Waals surface area contributed by atoms with Crippen molar-refractivity contribution in [3.05, 3.63) is 36.2 Å². The molecule has 1 aliphatic heterocycles. The molecule has 4 nitrogen and oxygen atoms in total. The second kappa shape index (κ2) is 4.29. The van der Waals surface area contributed by atoms with Crippen LogP contribution in [0.15, 0.2) is 35.3 Å². The minimum atomic E-state index is 0.320. The Hall–Kier alpha value is -2.10. The van der Waals surface area contributed by atoms with Crippen LogP contribution in [0.4, 0.5) is 0 Å². The van der Waals surface area contributed by atoms with E-state index in [2.05, 4.69) is 28.0 Å². The van der Waals surface area contributed by atoms with Crippen LogP contribution in [0, 0.1) is 0 Å². The maximum atomic E-state index is 5.31. The number of para-hydroxylation sites is 1. The molecule has 0 bridgehead atoms. The van der Waals surface area contributed by atoms with E-state index >= 15 is 0 Å². The third-order valence-corrected chi connectivity index (χ3v) is 3.05. The van der Waals surface area contributed by atoms with Crippen LogP contribution in [0.25, 0.3) is 11.0 Å². The molecule has 1 aromatic carbocycles. The van der Waals surface area contributed by atoms with Crippen molar-refractivity contribution in [3.8, 4) is 5.75 Å². The topological polar surface area (TPSA) is 50.3 Å². The van der Waals surface area contributed by atoms with E-state index in [1.807, 2.05) is 24.3 Å². The van der Waals surface area contributed by atoms with Gasteiger partial charge in [-0.25, -0.2) is 4.98 Å². The van der Waals surface area contributed by atoms with Crippen molar-refractivity contribution in [2.45, 2.75) is 19.4 Å². The SMILES string of the molecule is COc1cccc2[nH]c(C3=NC(C)CC=C3)nc12. The molecule has 1 unspecified atom stereocenters. The lowest BCUT2D eigenvalue weighted by Crippen LogP contribution is -2.10. The molecule has 0 saturated heterocycles. The number of nitrogens with zero attached hydrogens (tertiary/aromatic N) is 2. The van der Waals surface area contributed by atoms with E-state index in [1.54, 1.807) is 7.11 Å². The molecule has 92 valence electrons. The molecule has 0 aliphatic carbocycles. The van der Waals surface area contributed by atoms with E-state index in [0.717, 1.165) is 34.7 Å². The summed E-state index contributed by atoms with van der Waals surface area (Å²) in [5, 5.41) is 0. The van der Waals surface area contributed by atoms with Gasteiger partial charge in [0.05, 0.1) is 18.7 Å². The Labute approximate surface area is 105 Å². The molecule has 0 saturated carbocycles. The fourth-order valence-corrected chi connectivity index (χ4v) is 2.14. The molecule has 18 heavy (non-hydrogen) atoms. The van der Waals surface area contributed by atoms with Gasteiger partial charge in [-0.1, -0.05) is 12.1 Å². The summed E-state index contributed by atoms with van der Waals surface area (Å²) in [6.45, 7) is 2.10. The summed E-state index contributed by atoms with van der Waals surface area (Å²) in [7, 11) is 1.66. The molecule has 3 rings (SSSR count). The first-order valence-corrected chi connectivity index (χ1v) is 6.05. The minimum Gasteiger partial charge on any atom is -0.494 e. The summed E-state index contributed by atoms with van der Waals surface area (Å²) in [5.74, 6) is 1.58. The van der Waals surface area contributed by atoms with E-state index in [9.17, 15) is 0 Å². The number of aromatic amines is 1. The number of H-pyrrole nitrogens is 1. The summed E-state index contributed by atoms with van der Waals surface area (Å²) >= 11 is 0. The molecule has 1 atom stereocenters. The third kappa shape index (κ3) is 1.79. The van der Waals surface area contributed by atoms with Gasteiger partial charge in [-0.05, 0) is 31.6 Å². The number of rotatable bonds is 2. The van der Waals surface area contributed by atoms with Crippen molar-refractivity contribution in [3.63, 3.8) is 0 Å². The summed E-state index contributed by atoms with van der Waals surface area (Å²) in [4.78, 5) is 12.5. The van der Waals surface area contributed by atoms with Crippen molar-refractivity contribution in [2.24, 2.45) is 4.99 Å². The van der Waals surface area contributed by atoms with Crippen LogP contribution in [0.2, 0.25) is 0 Å². The largest absolute Gasteiger partial charge is 0.494 e. The maximum absolute atomic E-state index is 5.31. The van der Waals surface area contributed by atoms with Gasteiger partial charge in [-0.2, -0.15) is 0 Å². The maximum Gasteiger partial charge on any atom is 0.156 e. The highest BCUT2D eigenvalue weighted by atomic mass is 16.5. The van der Waals surface area contributed by atoms with Gasteiger partial charge in [-0.3, -0.25) is 4.99 Å². The summed E-state index contributed by atoms with van der Waals surface area (Å²) < 4.78 is 5.31. The number of aromatic nitrogens is 2. The van der Waals surface area contributed by atoms with E-state index in [1.165, 1.54) is 0 Å². The van der Waals surface area contributed by atoms with Gasteiger partial charge in [0.25, 0.3) is 0 Å². The summed E-state index contributed by atoms with van der Waals surface area (Å²) in [6.07, 6.45) is 5.15. The molecule has 4 heteroatoms. The molecule has 0 fully saturated rings. The zero-order chi connectivity index (χ0) is 12.5. The lowest BCUT2D eigenvalue weighted by molar-refractivity contribution is 0.419. The number of fused-ring (bicyclic) bond motifs is 1. The number of hydrogen-bond donors (Lipinski definition) is 1. The fraction of sp³-hybridized carbons (Fsp3) is 0.286. The quantitative estimate of drug-likeness (QED) is 0.878. The highest BCUT2D eigenvalue weighted by molar-refractivity contribution is 6.08. The molecule has 1 aromatic heterocycles. The van der Waals surface area contributed by atoms with Crippen LogP contribution >= 0.6 is 0 Å². The molecule has 0 amide bonds. The normalized spacial score (nSPS) is 19.0. The number of aliphatic imine (C=N–C) groups is 1. The molecule has 1 N–H and O–H groups in total. The number of methoxy groups -OCH3 is 1. The van der Waals surface area contributed by atoms with Crippen molar-refractivity contribution >= 4 is 16.7 Å². The van der Waals surface area contributed by atoms with Crippen LogP contribution in [0.1, 0.15) is 19.2 Å². The Morgan fingerprint density at radius 3 is 3.06 bits per heavy atom. The molecule has 2 heterocycles. The second-order valence-corrected chi connectivity index (χ2v) is 4.44. The van der Waals surface area contributed by atoms with E-state index < -0.39 is 0 Å². The first kappa shape index (κ1) is 11.0. The second-order valence-electron chi connectivity index (χ2n) is 4.44. The van der Waals surface area contributed by atoms with Gasteiger partial charge in [-0.15, -0.1) is 0 Å². The number of nitrogens with one attached hydrogen (secondary N) is 1. The predicted molar refractivity (Wildman–Crippen MR) is 72.4 cm³/mol. The van der Waals surface area contributed by atoms with Crippen LogP contribution in [0.3, 0.4) is 0 Å². The number of ether oxygens (including phenoxy) is 1. The fourth-order valence-electron chi connectivity index (χ4n) is 2.14. The average molecular weight is 241 g/mol. The van der Waals surface area contributed by atoms with Crippen LogP contribution in [-0.4, -0.2) is 28.8 Å². The lowest BCUT2D eigenvalue weighted by Gasteiger charge is -2.09. The van der Waals surface area contributed by atoms with Crippen molar-refractivity contribution in [1.82, 2.24) is 9.97 Å². The Kier molecular flexibility index (Phi) is 2.63. The van der Waals surface area contributed by atoms with Gasteiger partial charge < -0.3 is 9.72 Å². The Morgan fingerprint density at radius 1 is 1.39 bits per heavy atom. The molecule has 0 spiro atoms. The number of dihydropyridines is 1. The number of benzene rings is 1. The highest BCUT2D eigenvalue weighted by Crippen LogP contribution is 2.23. The predicted octanol–water partition coefficient (Wildman–Crippen LogP) is 2.71. The average Bonchev–Trinajstić information content (AvgIpc) is 2.82. The van der Waals surface area contributed by atoms with Crippen LogP contribution in [-0.2, 0) is 0 Å².